The highest BCUT2D eigenvalue weighted by molar-refractivity contribution is 5.76. The molecule has 0 saturated carbocycles. The molecule has 0 fully saturated rings. The molecule has 1 amide bonds. The molecule has 0 bridgehead atoms. The molecule has 0 aliphatic carbocycles. The Kier molecular flexibility index (Phi) is 58.5. The summed E-state index contributed by atoms with van der Waals surface area (Å²) in [4.78, 5) is 24.5. The van der Waals surface area contributed by atoms with Gasteiger partial charge in [-0.3, -0.25) is 9.59 Å². The van der Waals surface area contributed by atoms with Crippen LogP contribution in [0.3, 0.4) is 0 Å². The van der Waals surface area contributed by atoms with Gasteiger partial charge in [-0.25, -0.2) is 0 Å². The molecule has 0 heterocycles. The summed E-state index contributed by atoms with van der Waals surface area (Å²) in [5, 5.41) is 22.9. The third kappa shape index (κ3) is 57.0. The van der Waals surface area contributed by atoms with Crippen molar-refractivity contribution in [3.05, 3.63) is 48.6 Å². The van der Waals surface area contributed by atoms with Gasteiger partial charge in [-0.05, 0) is 89.9 Å². The Labute approximate surface area is 442 Å². The van der Waals surface area contributed by atoms with Gasteiger partial charge in [0.15, 0.2) is 0 Å². The van der Waals surface area contributed by atoms with Gasteiger partial charge in [-0.1, -0.05) is 274 Å². The fourth-order valence-corrected chi connectivity index (χ4v) is 9.48. The van der Waals surface area contributed by atoms with Crippen molar-refractivity contribution in [2.45, 2.75) is 341 Å². The third-order valence-corrected chi connectivity index (χ3v) is 14.3. The van der Waals surface area contributed by atoms with Gasteiger partial charge in [-0.15, -0.1) is 0 Å². The van der Waals surface area contributed by atoms with Crippen LogP contribution in [0.2, 0.25) is 0 Å². The highest BCUT2D eigenvalue weighted by Gasteiger charge is 2.18. The zero-order valence-electron chi connectivity index (χ0n) is 47.5. The van der Waals surface area contributed by atoms with Crippen molar-refractivity contribution in [1.82, 2.24) is 5.32 Å². The van der Waals surface area contributed by atoms with Crippen LogP contribution < -0.4 is 5.32 Å². The smallest absolute Gasteiger partial charge is 0.305 e. The van der Waals surface area contributed by atoms with E-state index in [-0.39, 0.29) is 18.5 Å². The largest absolute Gasteiger partial charge is 0.466 e. The molecule has 0 spiro atoms. The van der Waals surface area contributed by atoms with E-state index < -0.39 is 12.1 Å². The van der Waals surface area contributed by atoms with Crippen molar-refractivity contribution in [2.24, 2.45) is 0 Å². The first-order chi connectivity index (χ1) is 35.0. The maximum absolute atomic E-state index is 12.4. The summed E-state index contributed by atoms with van der Waals surface area (Å²) < 4.78 is 5.49. The number of rotatable bonds is 58. The summed E-state index contributed by atoms with van der Waals surface area (Å²) in [5.41, 5.74) is 0. The number of amides is 1. The maximum Gasteiger partial charge on any atom is 0.305 e. The second-order valence-electron chi connectivity index (χ2n) is 21.4. The lowest BCUT2D eigenvalue weighted by Gasteiger charge is -2.20. The van der Waals surface area contributed by atoms with Crippen LogP contribution in [0, 0.1) is 0 Å². The fraction of sp³-hybridized carbons (Fsp3) is 0.846. The van der Waals surface area contributed by atoms with Crippen LogP contribution in [0.25, 0.3) is 0 Å². The normalized spacial score (nSPS) is 12.9. The summed E-state index contributed by atoms with van der Waals surface area (Å²) in [6.07, 6.45) is 77.4. The second kappa shape index (κ2) is 60.4. The molecule has 0 aromatic carbocycles. The number of aliphatic hydroxyl groups is 2. The molecule has 0 aromatic heterocycles. The van der Waals surface area contributed by atoms with E-state index >= 15 is 0 Å². The lowest BCUT2D eigenvalue weighted by molar-refractivity contribution is -0.143. The van der Waals surface area contributed by atoms with Gasteiger partial charge in [0.2, 0.25) is 5.91 Å². The quantitative estimate of drug-likeness (QED) is 0.0321. The minimum absolute atomic E-state index is 0.00727. The Morgan fingerprint density at radius 2 is 0.704 bits per heavy atom. The molecule has 0 aliphatic rings. The number of carbonyl (C=O) groups excluding carboxylic acids is 2. The predicted octanol–water partition coefficient (Wildman–Crippen LogP) is 19.7. The van der Waals surface area contributed by atoms with E-state index in [4.69, 9.17) is 4.74 Å². The molecule has 0 aliphatic heterocycles. The number of aliphatic hydroxyl groups excluding tert-OH is 2. The Morgan fingerprint density at radius 1 is 0.394 bits per heavy atom. The van der Waals surface area contributed by atoms with E-state index in [2.05, 4.69) is 55.6 Å². The Morgan fingerprint density at radius 3 is 1.11 bits per heavy atom. The molecule has 416 valence electrons. The fourth-order valence-electron chi connectivity index (χ4n) is 9.48. The van der Waals surface area contributed by atoms with Crippen molar-refractivity contribution < 1.29 is 24.5 Å². The van der Waals surface area contributed by atoms with Gasteiger partial charge >= 0.3 is 5.97 Å². The first-order valence-electron chi connectivity index (χ1n) is 31.4. The number of carbonyl (C=O) groups is 2. The summed E-state index contributed by atoms with van der Waals surface area (Å²) in [7, 11) is 0. The van der Waals surface area contributed by atoms with E-state index in [1.165, 1.54) is 250 Å². The summed E-state index contributed by atoms with van der Waals surface area (Å²) in [6, 6.07) is -0.626. The number of nitrogens with one attached hydrogen (secondary N) is 1. The molecule has 2 unspecified atom stereocenters. The first kappa shape index (κ1) is 68.8. The minimum atomic E-state index is -0.842. The van der Waals surface area contributed by atoms with Crippen LogP contribution in [-0.2, 0) is 14.3 Å². The lowest BCUT2D eigenvalue weighted by Crippen LogP contribution is -2.45. The van der Waals surface area contributed by atoms with E-state index in [0.717, 1.165) is 51.4 Å². The summed E-state index contributed by atoms with van der Waals surface area (Å²) in [6.45, 7) is 4.85. The monoisotopic (exact) mass is 996 g/mol. The van der Waals surface area contributed by atoms with Crippen LogP contribution in [0.4, 0.5) is 0 Å². The molecule has 3 N–H and O–H groups in total. The number of unbranched alkanes of at least 4 members (excludes halogenated alkanes) is 41. The van der Waals surface area contributed by atoms with Gasteiger partial charge in [-0.2, -0.15) is 0 Å². The van der Waals surface area contributed by atoms with E-state index in [1.54, 1.807) is 6.08 Å². The van der Waals surface area contributed by atoms with Gasteiger partial charge in [0.05, 0.1) is 25.4 Å². The number of allylic oxidation sites excluding steroid dienone is 7. The highest BCUT2D eigenvalue weighted by atomic mass is 16.5. The zero-order valence-corrected chi connectivity index (χ0v) is 47.5. The Bertz CT molecular complexity index is 1190. The predicted molar refractivity (Wildman–Crippen MR) is 310 cm³/mol. The van der Waals surface area contributed by atoms with Crippen LogP contribution in [0.15, 0.2) is 48.6 Å². The second-order valence-corrected chi connectivity index (χ2v) is 21.4. The summed E-state index contributed by atoms with van der Waals surface area (Å²) in [5.74, 6) is -0.0634. The van der Waals surface area contributed by atoms with Crippen molar-refractivity contribution in [2.75, 3.05) is 13.2 Å². The first-order valence-corrected chi connectivity index (χ1v) is 31.4. The molecule has 71 heavy (non-hydrogen) atoms. The number of hydrogen-bond donors (Lipinski definition) is 3. The average Bonchev–Trinajstić information content (AvgIpc) is 3.37. The van der Waals surface area contributed by atoms with Gasteiger partial charge in [0.25, 0.3) is 0 Å². The van der Waals surface area contributed by atoms with Gasteiger partial charge in [0.1, 0.15) is 0 Å². The molecule has 0 saturated heterocycles. The molecule has 0 rings (SSSR count). The summed E-state index contributed by atoms with van der Waals surface area (Å²) >= 11 is 0. The molecular formula is C65H121NO5. The molecule has 0 radical (unpaired) electrons. The average molecular weight is 997 g/mol. The molecule has 2 atom stereocenters. The topological polar surface area (TPSA) is 95.9 Å². The number of hydrogen-bond acceptors (Lipinski definition) is 5. The minimum Gasteiger partial charge on any atom is -0.466 e. The molecule has 6 heteroatoms. The zero-order chi connectivity index (χ0) is 51.4. The Balaban J connectivity index is 3.36. The van der Waals surface area contributed by atoms with Crippen LogP contribution in [-0.4, -0.2) is 47.4 Å². The Hall–Kier alpha value is -2.18. The maximum atomic E-state index is 12.4. The van der Waals surface area contributed by atoms with Crippen molar-refractivity contribution >= 4 is 11.9 Å². The number of ether oxygens (including phenoxy) is 1. The van der Waals surface area contributed by atoms with Crippen LogP contribution in [0.1, 0.15) is 328 Å². The van der Waals surface area contributed by atoms with Gasteiger partial charge < -0.3 is 20.3 Å². The van der Waals surface area contributed by atoms with Crippen LogP contribution in [0.5, 0.6) is 0 Å². The molecule has 6 nitrogen and oxygen atoms in total. The molecular weight excluding hydrogens is 875 g/mol. The molecule has 0 aromatic rings. The standard InChI is InChI=1S/C65H121NO5/c1-3-5-7-9-11-13-14-15-16-29-33-36-39-43-47-51-55-59-65(70)71-60-56-52-48-44-40-37-34-31-28-26-24-22-20-18-17-19-21-23-25-27-30-32-35-38-42-46-50-54-58-64(69)66-62(61-67)63(68)57-53-49-45-41-12-10-8-6-4-2/h11,13,15-18,53,57,62-63,67-68H,3-10,12,14,19-52,54-56,58-61H2,1-2H3,(H,66,69)/b13-11-,16-15-,18-17-,57-53+. The van der Waals surface area contributed by atoms with Crippen LogP contribution >= 0.6 is 0 Å². The van der Waals surface area contributed by atoms with E-state index in [1.807, 2.05) is 6.08 Å². The lowest BCUT2D eigenvalue weighted by atomic mass is 10.0. The van der Waals surface area contributed by atoms with Crippen molar-refractivity contribution in [1.29, 1.82) is 0 Å². The third-order valence-electron chi connectivity index (χ3n) is 14.3. The van der Waals surface area contributed by atoms with Crippen molar-refractivity contribution in [3.8, 4) is 0 Å². The van der Waals surface area contributed by atoms with E-state index in [0.29, 0.717) is 19.4 Å². The number of esters is 1. The van der Waals surface area contributed by atoms with Gasteiger partial charge in [0, 0.05) is 12.8 Å². The van der Waals surface area contributed by atoms with Crippen molar-refractivity contribution in [3.63, 3.8) is 0 Å². The van der Waals surface area contributed by atoms with E-state index in [9.17, 15) is 19.8 Å². The highest BCUT2D eigenvalue weighted by Crippen LogP contribution is 2.17. The SMILES string of the molecule is CCCCC/C=C\C/C=C\CCCCCCCCCC(=O)OCCCCCCCCCCCCCC/C=C\CCCCCCCCCCCCCCC(=O)NC(CO)C(O)/C=C/CCCCCCCCC.